The molecule has 0 atom stereocenters. The molecule has 1 saturated heterocycles. The first-order valence-corrected chi connectivity index (χ1v) is 8.07. The summed E-state index contributed by atoms with van der Waals surface area (Å²) in [5.41, 5.74) is -1.32. The average Bonchev–Trinajstić information content (AvgIpc) is 3.27. The molecule has 22 heavy (non-hydrogen) atoms. The van der Waals surface area contributed by atoms with Gasteiger partial charge in [-0.3, -0.25) is 4.79 Å². The SMILES string of the molecule is COC1(C(=O)NCC2CC2)CCN(C(=O)OC(C)(C)C)CC1. The third-order valence-electron chi connectivity index (χ3n) is 4.28. The van der Waals surface area contributed by atoms with Crippen LogP contribution in [0.3, 0.4) is 0 Å². The molecule has 1 aliphatic carbocycles. The summed E-state index contributed by atoms with van der Waals surface area (Å²) in [4.78, 5) is 26.1. The van der Waals surface area contributed by atoms with Gasteiger partial charge >= 0.3 is 6.09 Å². The molecule has 6 nitrogen and oxygen atoms in total. The second-order valence-electron chi connectivity index (χ2n) is 7.32. The summed E-state index contributed by atoms with van der Waals surface area (Å²) in [5.74, 6) is 0.588. The first kappa shape index (κ1) is 17.1. The van der Waals surface area contributed by atoms with Crippen molar-refractivity contribution in [2.45, 2.75) is 57.7 Å². The van der Waals surface area contributed by atoms with Crippen molar-refractivity contribution in [3.8, 4) is 0 Å². The minimum atomic E-state index is -0.812. The lowest BCUT2D eigenvalue weighted by Gasteiger charge is -2.39. The van der Waals surface area contributed by atoms with Gasteiger partial charge in [0.05, 0.1) is 0 Å². The second kappa shape index (κ2) is 6.44. The fraction of sp³-hybridized carbons (Fsp3) is 0.875. The van der Waals surface area contributed by atoms with E-state index in [1.165, 1.54) is 12.8 Å². The van der Waals surface area contributed by atoms with Crippen LogP contribution in [0.4, 0.5) is 4.79 Å². The third kappa shape index (κ3) is 4.35. The Hall–Kier alpha value is -1.30. The van der Waals surface area contributed by atoms with Gasteiger partial charge < -0.3 is 19.7 Å². The minimum absolute atomic E-state index is 0.0502. The molecular formula is C16H28N2O4. The summed E-state index contributed by atoms with van der Waals surface area (Å²) in [6.07, 6.45) is 3.08. The van der Waals surface area contributed by atoms with Crippen LogP contribution < -0.4 is 5.32 Å². The van der Waals surface area contributed by atoms with Gasteiger partial charge in [0, 0.05) is 39.6 Å². The molecule has 2 rings (SSSR count). The third-order valence-corrected chi connectivity index (χ3v) is 4.28. The highest BCUT2D eigenvalue weighted by molar-refractivity contribution is 5.85. The molecule has 0 aromatic carbocycles. The topological polar surface area (TPSA) is 67.9 Å². The standard InChI is InChI=1S/C16H28N2O4/c1-15(2,3)22-14(20)18-9-7-16(21-4,8-10-18)13(19)17-11-12-5-6-12/h12H,5-11H2,1-4H3,(H,17,19). The normalized spacial score (nSPS) is 21.4. The molecule has 1 saturated carbocycles. The van der Waals surface area contributed by atoms with Gasteiger partial charge in [0.25, 0.3) is 5.91 Å². The van der Waals surface area contributed by atoms with Crippen LogP contribution >= 0.6 is 0 Å². The lowest BCUT2D eigenvalue weighted by molar-refractivity contribution is -0.149. The molecule has 0 aromatic rings. The van der Waals surface area contributed by atoms with Crippen molar-refractivity contribution in [3.05, 3.63) is 0 Å². The van der Waals surface area contributed by atoms with Crippen LogP contribution in [0.2, 0.25) is 0 Å². The minimum Gasteiger partial charge on any atom is -0.444 e. The van der Waals surface area contributed by atoms with Gasteiger partial charge in [-0.2, -0.15) is 0 Å². The number of hydrogen-bond acceptors (Lipinski definition) is 4. The highest BCUT2D eigenvalue weighted by Gasteiger charge is 2.43. The molecule has 2 amide bonds. The molecule has 0 bridgehead atoms. The van der Waals surface area contributed by atoms with E-state index in [1.807, 2.05) is 20.8 Å². The van der Waals surface area contributed by atoms with E-state index in [0.29, 0.717) is 31.8 Å². The monoisotopic (exact) mass is 312 g/mol. The number of likely N-dealkylation sites (tertiary alicyclic amines) is 1. The number of hydrogen-bond donors (Lipinski definition) is 1. The lowest BCUT2D eigenvalue weighted by atomic mass is 9.90. The zero-order valence-electron chi connectivity index (χ0n) is 14.1. The van der Waals surface area contributed by atoms with Crippen LogP contribution in [0.5, 0.6) is 0 Å². The maximum absolute atomic E-state index is 12.4. The second-order valence-corrected chi connectivity index (χ2v) is 7.32. The molecule has 2 fully saturated rings. The molecule has 0 aromatic heterocycles. The summed E-state index contributed by atoms with van der Waals surface area (Å²) in [6, 6.07) is 0. The van der Waals surface area contributed by atoms with Gasteiger partial charge in [0.15, 0.2) is 0 Å². The number of carbonyl (C=O) groups excluding carboxylic acids is 2. The Morgan fingerprint density at radius 1 is 1.23 bits per heavy atom. The first-order valence-electron chi connectivity index (χ1n) is 8.07. The molecule has 0 spiro atoms. The number of piperidine rings is 1. The van der Waals surface area contributed by atoms with Crippen LogP contribution in [0, 0.1) is 5.92 Å². The van der Waals surface area contributed by atoms with Crippen molar-refractivity contribution in [3.63, 3.8) is 0 Å². The first-order chi connectivity index (χ1) is 10.3. The van der Waals surface area contributed by atoms with Crippen LogP contribution in [0.15, 0.2) is 0 Å². The lowest BCUT2D eigenvalue weighted by Crippen LogP contribution is -2.56. The zero-order valence-corrected chi connectivity index (χ0v) is 14.1. The molecule has 6 heteroatoms. The number of carbonyl (C=O) groups is 2. The number of rotatable bonds is 4. The van der Waals surface area contributed by atoms with E-state index in [2.05, 4.69) is 5.32 Å². The van der Waals surface area contributed by atoms with E-state index in [-0.39, 0.29) is 12.0 Å². The van der Waals surface area contributed by atoms with Gasteiger partial charge in [-0.05, 0) is 39.5 Å². The Morgan fingerprint density at radius 2 is 1.82 bits per heavy atom. The van der Waals surface area contributed by atoms with Crippen molar-refractivity contribution in [2.24, 2.45) is 5.92 Å². The van der Waals surface area contributed by atoms with Gasteiger partial charge in [-0.15, -0.1) is 0 Å². The van der Waals surface area contributed by atoms with E-state index in [1.54, 1.807) is 12.0 Å². The van der Waals surface area contributed by atoms with Crippen molar-refractivity contribution < 1.29 is 19.1 Å². The Balaban J connectivity index is 1.86. The smallest absolute Gasteiger partial charge is 0.410 e. The highest BCUT2D eigenvalue weighted by atomic mass is 16.6. The molecule has 2 aliphatic rings. The van der Waals surface area contributed by atoms with Gasteiger partial charge in [0.2, 0.25) is 0 Å². The van der Waals surface area contributed by atoms with Gasteiger partial charge in [-0.25, -0.2) is 4.79 Å². The van der Waals surface area contributed by atoms with Crippen molar-refractivity contribution in [1.82, 2.24) is 10.2 Å². The molecule has 1 aliphatic heterocycles. The van der Waals surface area contributed by atoms with Crippen LogP contribution in [-0.4, -0.2) is 54.8 Å². The average molecular weight is 312 g/mol. The summed E-state index contributed by atoms with van der Waals surface area (Å²) in [6.45, 7) is 7.22. The predicted octanol–water partition coefficient (Wildman–Crippen LogP) is 1.93. The molecule has 1 heterocycles. The van der Waals surface area contributed by atoms with E-state index >= 15 is 0 Å². The van der Waals surface area contributed by atoms with Crippen molar-refractivity contribution in [2.75, 3.05) is 26.7 Å². The Morgan fingerprint density at radius 3 is 2.27 bits per heavy atom. The maximum Gasteiger partial charge on any atom is 0.410 e. The van der Waals surface area contributed by atoms with Gasteiger partial charge in [0.1, 0.15) is 11.2 Å². The largest absolute Gasteiger partial charge is 0.444 e. The molecule has 1 N–H and O–H groups in total. The van der Waals surface area contributed by atoms with Crippen LogP contribution in [0.25, 0.3) is 0 Å². The zero-order chi connectivity index (χ0) is 16.4. The number of methoxy groups -OCH3 is 1. The maximum atomic E-state index is 12.4. The van der Waals surface area contributed by atoms with E-state index < -0.39 is 11.2 Å². The fourth-order valence-corrected chi connectivity index (χ4v) is 2.62. The van der Waals surface area contributed by atoms with Crippen molar-refractivity contribution >= 4 is 12.0 Å². The summed E-state index contributed by atoms with van der Waals surface area (Å²) in [7, 11) is 1.57. The number of ether oxygens (including phenoxy) is 2. The van der Waals surface area contributed by atoms with E-state index in [9.17, 15) is 9.59 Å². The number of nitrogens with one attached hydrogen (secondary N) is 1. The Bertz CT molecular complexity index is 418. The van der Waals surface area contributed by atoms with Crippen LogP contribution in [-0.2, 0) is 14.3 Å². The predicted molar refractivity (Wildman–Crippen MR) is 82.5 cm³/mol. The Kier molecular flexibility index (Phi) is 5.00. The molecular weight excluding hydrogens is 284 g/mol. The summed E-state index contributed by atoms with van der Waals surface area (Å²) >= 11 is 0. The number of amides is 2. The fourth-order valence-electron chi connectivity index (χ4n) is 2.62. The van der Waals surface area contributed by atoms with E-state index in [0.717, 1.165) is 6.54 Å². The summed E-state index contributed by atoms with van der Waals surface area (Å²) in [5, 5.41) is 2.99. The molecule has 0 unspecified atom stereocenters. The number of nitrogens with zero attached hydrogens (tertiary/aromatic N) is 1. The van der Waals surface area contributed by atoms with E-state index in [4.69, 9.17) is 9.47 Å². The van der Waals surface area contributed by atoms with Gasteiger partial charge in [-0.1, -0.05) is 0 Å². The highest BCUT2D eigenvalue weighted by Crippen LogP contribution is 2.30. The van der Waals surface area contributed by atoms with Crippen LogP contribution in [0.1, 0.15) is 46.5 Å². The summed E-state index contributed by atoms with van der Waals surface area (Å²) < 4.78 is 10.9. The quantitative estimate of drug-likeness (QED) is 0.861. The molecule has 126 valence electrons. The molecule has 0 radical (unpaired) electrons. The Labute approximate surface area is 132 Å². The van der Waals surface area contributed by atoms with Crippen molar-refractivity contribution in [1.29, 1.82) is 0 Å².